The lowest BCUT2D eigenvalue weighted by Gasteiger charge is -2.29. The van der Waals surface area contributed by atoms with Crippen LogP contribution < -0.4 is 23.8 Å². The van der Waals surface area contributed by atoms with Gasteiger partial charge in [-0.3, -0.25) is 4.72 Å². The van der Waals surface area contributed by atoms with E-state index in [1.807, 2.05) is 12.1 Å². The summed E-state index contributed by atoms with van der Waals surface area (Å²) >= 11 is 0. The largest absolute Gasteiger partial charge is 0.495 e. The molecule has 0 aliphatic carbocycles. The van der Waals surface area contributed by atoms with Crippen LogP contribution in [-0.2, 0) is 10.0 Å². The molecule has 2 aliphatic heterocycles. The maximum atomic E-state index is 12.9. The van der Waals surface area contributed by atoms with Crippen molar-refractivity contribution in [1.82, 2.24) is 0 Å². The van der Waals surface area contributed by atoms with Crippen molar-refractivity contribution >= 4 is 21.4 Å². The number of anilines is 2. The highest BCUT2D eigenvalue weighted by Gasteiger charge is 2.22. The Balaban J connectivity index is 1.63. The summed E-state index contributed by atoms with van der Waals surface area (Å²) in [5.41, 5.74) is 1.40. The van der Waals surface area contributed by atoms with Crippen LogP contribution in [0.25, 0.3) is 0 Å². The molecule has 27 heavy (non-hydrogen) atoms. The van der Waals surface area contributed by atoms with Gasteiger partial charge in [-0.05, 0) is 49.6 Å². The van der Waals surface area contributed by atoms with Crippen LogP contribution >= 0.6 is 0 Å². The summed E-state index contributed by atoms with van der Waals surface area (Å²) in [4.78, 5) is 2.37. The molecule has 1 saturated heterocycles. The minimum Gasteiger partial charge on any atom is -0.495 e. The molecule has 4 rings (SSSR count). The first kappa shape index (κ1) is 17.8. The molecule has 0 aromatic heterocycles. The predicted octanol–water partition coefficient (Wildman–Crippen LogP) is 3.22. The molecule has 0 amide bonds. The molecule has 0 saturated carbocycles. The van der Waals surface area contributed by atoms with Crippen molar-refractivity contribution in [2.24, 2.45) is 0 Å². The number of ether oxygens (including phenoxy) is 3. The highest BCUT2D eigenvalue weighted by Crippen LogP contribution is 2.36. The molecule has 0 radical (unpaired) electrons. The Kier molecular flexibility index (Phi) is 4.73. The Morgan fingerprint density at radius 2 is 1.78 bits per heavy atom. The molecule has 7 nitrogen and oxygen atoms in total. The smallest absolute Gasteiger partial charge is 0.262 e. The van der Waals surface area contributed by atoms with Gasteiger partial charge < -0.3 is 19.1 Å². The average molecular weight is 390 g/mol. The Hall–Kier alpha value is -2.61. The van der Waals surface area contributed by atoms with Crippen LogP contribution in [0, 0.1) is 0 Å². The van der Waals surface area contributed by atoms with Crippen LogP contribution in [0.1, 0.15) is 19.3 Å². The first-order valence-electron chi connectivity index (χ1n) is 8.92. The van der Waals surface area contributed by atoms with Crippen molar-refractivity contribution in [1.29, 1.82) is 0 Å². The molecule has 1 fully saturated rings. The Bertz CT molecular complexity index is 939. The van der Waals surface area contributed by atoms with Crippen LogP contribution in [0.15, 0.2) is 41.3 Å². The first-order chi connectivity index (χ1) is 13.1. The van der Waals surface area contributed by atoms with Crippen molar-refractivity contribution in [3.05, 3.63) is 36.4 Å². The van der Waals surface area contributed by atoms with Crippen LogP contribution in [0.5, 0.6) is 17.2 Å². The van der Waals surface area contributed by atoms with E-state index in [0.717, 1.165) is 31.6 Å². The number of methoxy groups -OCH3 is 1. The molecule has 1 N–H and O–H groups in total. The maximum Gasteiger partial charge on any atom is 0.262 e. The highest BCUT2D eigenvalue weighted by atomic mass is 32.2. The van der Waals surface area contributed by atoms with Crippen molar-refractivity contribution in [3.63, 3.8) is 0 Å². The number of hydrogen-bond donors (Lipinski definition) is 1. The topological polar surface area (TPSA) is 77.1 Å². The second-order valence-electron chi connectivity index (χ2n) is 6.55. The van der Waals surface area contributed by atoms with E-state index in [9.17, 15) is 8.42 Å². The summed E-state index contributed by atoms with van der Waals surface area (Å²) in [6.45, 7) is 2.04. The van der Waals surface area contributed by atoms with Gasteiger partial charge in [0.05, 0.1) is 17.7 Å². The Morgan fingerprint density at radius 3 is 2.56 bits per heavy atom. The first-order valence-corrected chi connectivity index (χ1v) is 10.4. The van der Waals surface area contributed by atoms with Gasteiger partial charge in [-0.1, -0.05) is 0 Å². The number of nitrogens with zero attached hydrogens (tertiary/aromatic N) is 1. The summed E-state index contributed by atoms with van der Waals surface area (Å²) in [6, 6.07) is 10.1. The Labute approximate surface area is 158 Å². The predicted molar refractivity (Wildman–Crippen MR) is 102 cm³/mol. The maximum absolute atomic E-state index is 12.9. The van der Waals surface area contributed by atoms with Crippen molar-refractivity contribution in [2.75, 3.05) is 36.6 Å². The zero-order valence-corrected chi connectivity index (χ0v) is 15.9. The van der Waals surface area contributed by atoms with E-state index in [1.165, 1.54) is 25.7 Å². The number of benzene rings is 2. The van der Waals surface area contributed by atoms with Gasteiger partial charge in [0, 0.05) is 24.8 Å². The van der Waals surface area contributed by atoms with E-state index in [4.69, 9.17) is 14.2 Å². The van der Waals surface area contributed by atoms with E-state index in [2.05, 4.69) is 9.62 Å². The Morgan fingerprint density at radius 1 is 1.00 bits per heavy atom. The third-order valence-electron chi connectivity index (χ3n) is 4.80. The molecular weight excluding hydrogens is 368 g/mol. The summed E-state index contributed by atoms with van der Waals surface area (Å²) < 4.78 is 44.3. The number of hydrogen-bond acceptors (Lipinski definition) is 6. The third-order valence-corrected chi connectivity index (χ3v) is 6.17. The second-order valence-corrected chi connectivity index (χ2v) is 8.24. The zero-order chi connectivity index (χ0) is 18.9. The van der Waals surface area contributed by atoms with Gasteiger partial charge in [0.2, 0.25) is 6.79 Å². The van der Waals surface area contributed by atoms with E-state index in [-0.39, 0.29) is 11.7 Å². The van der Waals surface area contributed by atoms with Gasteiger partial charge in [-0.15, -0.1) is 0 Å². The molecule has 2 aliphatic rings. The van der Waals surface area contributed by atoms with Crippen LogP contribution in [-0.4, -0.2) is 35.4 Å². The number of sulfonamides is 1. The van der Waals surface area contributed by atoms with Crippen molar-refractivity contribution in [2.45, 2.75) is 24.2 Å². The normalized spacial score (nSPS) is 16.3. The molecule has 2 aromatic carbocycles. The van der Waals surface area contributed by atoms with Gasteiger partial charge >= 0.3 is 0 Å². The molecule has 8 heteroatoms. The molecule has 0 bridgehead atoms. The van der Waals surface area contributed by atoms with E-state index in [0.29, 0.717) is 22.9 Å². The van der Waals surface area contributed by atoms with Crippen LogP contribution in [0.4, 0.5) is 11.4 Å². The minimum absolute atomic E-state index is 0.0952. The van der Waals surface area contributed by atoms with Crippen molar-refractivity contribution < 1.29 is 22.6 Å². The molecule has 0 atom stereocenters. The molecule has 0 spiro atoms. The fourth-order valence-corrected chi connectivity index (χ4v) is 4.45. The number of rotatable bonds is 5. The van der Waals surface area contributed by atoms with Gasteiger partial charge in [-0.25, -0.2) is 8.42 Å². The fourth-order valence-electron chi connectivity index (χ4n) is 3.37. The summed E-state index contributed by atoms with van der Waals surface area (Å²) in [7, 11) is -2.28. The van der Waals surface area contributed by atoms with E-state index >= 15 is 0 Å². The van der Waals surface area contributed by atoms with E-state index in [1.54, 1.807) is 12.1 Å². The van der Waals surface area contributed by atoms with E-state index < -0.39 is 10.0 Å². The zero-order valence-electron chi connectivity index (χ0n) is 15.1. The molecule has 2 heterocycles. The minimum atomic E-state index is -3.80. The quantitative estimate of drug-likeness (QED) is 0.845. The van der Waals surface area contributed by atoms with Crippen LogP contribution in [0.2, 0.25) is 0 Å². The highest BCUT2D eigenvalue weighted by molar-refractivity contribution is 7.92. The second kappa shape index (κ2) is 7.19. The van der Waals surface area contributed by atoms with Gasteiger partial charge in [0.15, 0.2) is 11.5 Å². The average Bonchev–Trinajstić information content (AvgIpc) is 3.16. The van der Waals surface area contributed by atoms with Crippen molar-refractivity contribution in [3.8, 4) is 17.2 Å². The molecule has 0 unspecified atom stereocenters. The molecule has 144 valence electrons. The lowest BCUT2D eigenvalue weighted by atomic mass is 10.1. The number of fused-ring (bicyclic) bond motifs is 1. The number of piperidine rings is 1. The van der Waals surface area contributed by atoms with Gasteiger partial charge in [-0.2, -0.15) is 0 Å². The van der Waals surface area contributed by atoms with Gasteiger partial charge in [0.1, 0.15) is 5.75 Å². The molecule has 2 aromatic rings. The summed E-state index contributed by atoms with van der Waals surface area (Å²) in [6.07, 6.45) is 3.52. The molecular formula is C19H22N2O5S. The lowest BCUT2D eigenvalue weighted by molar-refractivity contribution is 0.174. The van der Waals surface area contributed by atoms with Gasteiger partial charge in [0.25, 0.3) is 10.0 Å². The summed E-state index contributed by atoms with van der Waals surface area (Å²) in [5.74, 6) is 1.44. The third kappa shape index (κ3) is 3.62. The number of nitrogens with one attached hydrogen (secondary N) is 1. The monoisotopic (exact) mass is 390 g/mol. The fraction of sp³-hybridized carbons (Fsp3) is 0.368. The lowest BCUT2D eigenvalue weighted by Crippen LogP contribution is -2.29. The standard InChI is InChI=1S/C19H22N2O5S/c1-24-17-7-5-14(21-9-3-2-4-10-21)11-16(17)20-27(22,23)15-6-8-18-19(12-15)26-13-25-18/h5-8,11-12,20H,2-4,9-10,13H2,1H3. The summed E-state index contributed by atoms with van der Waals surface area (Å²) in [5, 5.41) is 0. The van der Waals surface area contributed by atoms with Crippen LogP contribution in [0.3, 0.4) is 0 Å². The SMILES string of the molecule is COc1ccc(N2CCCCC2)cc1NS(=O)(=O)c1ccc2c(c1)OCO2.